The zero-order chi connectivity index (χ0) is 15.7. The summed E-state index contributed by atoms with van der Waals surface area (Å²) in [4.78, 5) is 21.0. The zero-order valence-corrected chi connectivity index (χ0v) is 13.7. The summed E-state index contributed by atoms with van der Waals surface area (Å²) in [7, 11) is 0. The number of hydrogen-bond acceptors (Lipinski definition) is 4. The summed E-state index contributed by atoms with van der Waals surface area (Å²) in [5, 5.41) is 1.64. The topological polar surface area (TPSA) is 35.9 Å². The highest BCUT2D eigenvalue weighted by Crippen LogP contribution is 2.24. The normalized spacial score (nSPS) is 22.0. The molecule has 2 heterocycles. The maximum atomic E-state index is 13.6. The van der Waals surface area contributed by atoms with Gasteiger partial charge >= 0.3 is 0 Å². The molecule has 4 nitrogen and oxygen atoms in total. The fourth-order valence-electron chi connectivity index (χ4n) is 2.64. The van der Waals surface area contributed by atoms with Crippen molar-refractivity contribution in [2.75, 3.05) is 32.7 Å². The van der Waals surface area contributed by atoms with Gasteiger partial charge in [-0.15, -0.1) is 0 Å². The first kappa shape index (κ1) is 15.3. The quantitative estimate of drug-likeness (QED) is 0.797. The average Bonchev–Trinajstić information content (AvgIpc) is 2.96. The first-order valence-corrected chi connectivity index (χ1v) is 8.44. The highest BCUT2D eigenvalue weighted by Gasteiger charge is 2.27. The molecule has 0 saturated carbocycles. The molecule has 3 rings (SSSR count). The Bertz CT molecular complexity index is 611. The number of amides is 1. The Labute approximate surface area is 134 Å². The standard InChI is InChI=1S/C16H20FN3OS/c1-11-3-4-13(9-14(11)17)15(21)19-5-7-20(8-6-19)16-18-10-12(2)22-16/h3-4,9,12H,5-8,10H2,1-2H3/t12-/m0/s1. The highest BCUT2D eigenvalue weighted by atomic mass is 32.2. The predicted octanol–water partition coefficient (Wildman–Crippen LogP) is 2.38. The van der Waals surface area contributed by atoms with Crippen molar-refractivity contribution >= 4 is 22.8 Å². The van der Waals surface area contributed by atoms with Crippen molar-refractivity contribution in [3.63, 3.8) is 0 Å². The smallest absolute Gasteiger partial charge is 0.254 e. The third kappa shape index (κ3) is 3.11. The number of thioether (sulfide) groups is 1. The Kier molecular flexibility index (Phi) is 4.38. The SMILES string of the molecule is Cc1ccc(C(=O)N2CCN(C3=NC[C@H](C)S3)CC2)cc1F. The van der Waals surface area contributed by atoms with Crippen LogP contribution in [-0.4, -0.2) is 58.8 Å². The van der Waals surface area contributed by atoms with Crippen molar-refractivity contribution in [2.24, 2.45) is 4.99 Å². The van der Waals surface area contributed by atoms with E-state index in [-0.39, 0.29) is 11.7 Å². The molecule has 1 amide bonds. The second-order valence-corrected chi connectivity index (χ2v) is 7.20. The van der Waals surface area contributed by atoms with E-state index in [1.807, 2.05) is 0 Å². The monoisotopic (exact) mass is 321 g/mol. The number of nitrogens with zero attached hydrogens (tertiary/aromatic N) is 3. The van der Waals surface area contributed by atoms with Crippen LogP contribution in [-0.2, 0) is 0 Å². The first-order valence-electron chi connectivity index (χ1n) is 7.56. The van der Waals surface area contributed by atoms with E-state index >= 15 is 0 Å². The van der Waals surface area contributed by atoms with Gasteiger partial charge in [0.05, 0.1) is 6.54 Å². The van der Waals surface area contributed by atoms with Gasteiger partial charge in [0.15, 0.2) is 5.17 Å². The van der Waals surface area contributed by atoms with E-state index in [1.165, 1.54) is 6.07 Å². The van der Waals surface area contributed by atoms with Crippen LogP contribution in [0.2, 0.25) is 0 Å². The van der Waals surface area contributed by atoms with Gasteiger partial charge in [-0.3, -0.25) is 9.79 Å². The molecule has 1 saturated heterocycles. The van der Waals surface area contributed by atoms with Gasteiger partial charge in [0, 0.05) is 37.0 Å². The van der Waals surface area contributed by atoms with Crippen LogP contribution in [0.4, 0.5) is 4.39 Å². The van der Waals surface area contributed by atoms with E-state index in [0.29, 0.717) is 29.5 Å². The molecular weight excluding hydrogens is 301 g/mol. The van der Waals surface area contributed by atoms with Crippen molar-refractivity contribution in [3.05, 3.63) is 35.1 Å². The van der Waals surface area contributed by atoms with Crippen molar-refractivity contribution in [1.29, 1.82) is 0 Å². The molecule has 118 valence electrons. The number of carbonyl (C=O) groups is 1. The summed E-state index contributed by atoms with van der Waals surface area (Å²) in [6.45, 7) is 7.64. The lowest BCUT2D eigenvalue weighted by Gasteiger charge is -2.35. The summed E-state index contributed by atoms with van der Waals surface area (Å²) in [6, 6.07) is 4.69. The average molecular weight is 321 g/mol. The summed E-state index contributed by atoms with van der Waals surface area (Å²) < 4.78 is 13.6. The number of halogens is 1. The van der Waals surface area contributed by atoms with Gasteiger partial charge in [0.1, 0.15) is 5.82 Å². The third-order valence-corrected chi connectivity index (χ3v) is 5.20. The molecule has 2 aliphatic heterocycles. The van der Waals surface area contributed by atoms with E-state index in [9.17, 15) is 9.18 Å². The van der Waals surface area contributed by atoms with Gasteiger partial charge in [0.2, 0.25) is 0 Å². The van der Waals surface area contributed by atoms with Crippen LogP contribution >= 0.6 is 11.8 Å². The fourth-order valence-corrected chi connectivity index (χ4v) is 3.63. The number of piperazine rings is 1. The highest BCUT2D eigenvalue weighted by molar-refractivity contribution is 8.14. The van der Waals surface area contributed by atoms with Crippen LogP contribution in [0.1, 0.15) is 22.8 Å². The number of hydrogen-bond donors (Lipinski definition) is 0. The Morgan fingerprint density at radius 1 is 1.32 bits per heavy atom. The van der Waals surface area contributed by atoms with E-state index < -0.39 is 0 Å². The predicted molar refractivity (Wildman–Crippen MR) is 88.0 cm³/mol. The fraction of sp³-hybridized carbons (Fsp3) is 0.500. The van der Waals surface area contributed by atoms with Crippen molar-refractivity contribution in [1.82, 2.24) is 9.80 Å². The number of carbonyl (C=O) groups excluding carboxylic acids is 1. The molecule has 0 aliphatic carbocycles. The van der Waals surface area contributed by atoms with Crippen molar-refractivity contribution in [2.45, 2.75) is 19.1 Å². The van der Waals surface area contributed by atoms with Crippen LogP contribution in [0.25, 0.3) is 0 Å². The summed E-state index contributed by atoms with van der Waals surface area (Å²) in [5.41, 5.74) is 0.990. The van der Waals surface area contributed by atoms with Crippen molar-refractivity contribution < 1.29 is 9.18 Å². The van der Waals surface area contributed by atoms with Gasteiger partial charge in [-0.05, 0) is 24.6 Å². The number of benzene rings is 1. The largest absolute Gasteiger partial charge is 0.348 e. The van der Waals surface area contributed by atoms with E-state index in [0.717, 1.165) is 24.8 Å². The third-order valence-electron chi connectivity index (χ3n) is 4.05. The van der Waals surface area contributed by atoms with Crippen LogP contribution < -0.4 is 0 Å². The molecule has 1 fully saturated rings. The molecule has 1 aromatic carbocycles. The Morgan fingerprint density at radius 3 is 2.64 bits per heavy atom. The Hall–Kier alpha value is -1.56. The molecule has 0 unspecified atom stereocenters. The number of amidine groups is 1. The summed E-state index contributed by atoms with van der Waals surface area (Å²) >= 11 is 1.80. The lowest BCUT2D eigenvalue weighted by molar-refractivity contribution is 0.0693. The van der Waals surface area contributed by atoms with Crippen LogP contribution in [0.3, 0.4) is 0 Å². The number of aryl methyl sites for hydroxylation is 1. The molecule has 6 heteroatoms. The molecular formula is C16H20FN3OS. The Morgan fingerprint density at radius 2 is 2.05 bits per heavy atom. The maximum absolute atomic E-state index is 13.6. The van der Waals surface area contributed by atoms with Crippen molar-refractivity contribution in [3.8, 4) is 0 Å². The Balaban J connectivity index is 1.61. The van der Waals surface area contributed by atoms with Crippen LogP contribution in [0.15, 0.2) is 23.2 Å². The van der Waals surface area contributed by atoms with Crippen LogP contribution in [0, 0.1) is 12.7 Å². The summed E-state index contributed by atoms with van der Waals surface area (Å²) in [6.07, 6.45) is 0. The number of aliphatic imine (C=N–C) groups is 1. The van der Waals surface area contributed by atoms with Gasteiger partial charge in [-0.25, -0.2) is 4.39 Å². The minimum atomic E-state index is -0.324. The minimum absolute atomic E-state index is 0.0899. The second-order valence-electron chi connectivity index (χ2n) is 5.79. The van der Waals surface area contributed by atoms with E-state index in [1.54, 1.807) is 35.7 Å². The molecule has 0 spiro atoms. The molecule has 0 bridgehead atoms. The van der Waals surface area contributed by atoms with E-state index in [2.05, 4.69) is 16.8 Å². The van der Waals surface area contributed by atoms with Gasteiger partial charge in [0.25, 0.3) is 5.91 Å². The molecule has 2 aliphatic rings. The summed E-state index contributed by atoms with van der Waals surface area (Å²) in [5.74, 6) is -0.414. The molecule has 0 N–H and O–H groups in total. The lowest BCUT2D eigenvalue weighted by Crippen LogP contribution is -2.49. The van der Waals surface area contributed by atoms with Crippen LogP contribution in [0.5, 0.6) is 0 Å². The van der Waals surface area contributed by atoms with E-state index in [4.69, 9.17) is 0 Å². The molecule has 0 aromatic heterocycles. The maximum Gasteiger partial charge on any atom is 0.254 e. The first-order chi connectivity index (χ1) is 10.5. The molecule has 1 aromatic rings. The molecule has 1 atom stereocenters. The van der Waals surface area contributed by atoms with Gasteiger partial charge in [-0.1, -0.05) is 24.8 Å². The molecule has 22 heavy (non-hydrogen) atoms. The van der Waals surface area contributed by atoms with Gasteiger partial charge in [-0.2, -0.15) is 0 Å². The van der Waals surface area contributed by atoms with Gasteiger partial charge < -0.3 is 9.80 Å². The minimum Gasteiger partial charge on any atom is -0.348 e. The number of rotatable bonds is 1. The molecule has 0 radical (unpaired) electrons. The lowest BCUT2D eigenvalue weighted by atomic mass is 10.1. The second kappa shape index (κ2) is 6.28. The zero-order valence-electron chi connectivity index (χ0n) is 12.9.